The minimum atomic E-state index is -0.445. The van der Waals surface area contributed by atoms with Crippen LogP contribution >= 0.6 is 22.6 Å². The molecule has 0 heterocycles. The normalized spacial score (nSPS) is 15.3. The Kier molecular flexibility index (Phi) is 5.62. The van der Waals surface area contributed by atoms with Gasteiger partial charge in [-0.15, -0.1) is 6.58 Å². The molecule has 0 N–H and O–H groups in total. The van der Waals surface area contributed by atoms with Crippen molar-refractivity contribution in [3.63, 3.8) is 0 Å². The topological polar surface area (TPSA) is 29.5 Å². The van der Waals surface area contributed by atoms with Crippen molar-refractivity contribution in [2.75, 3.05) is 7.05 Å². The van der Waals surface area contributed by atoms with Crippen LogP contribution in [0, 0.1) is 5.92 Å². The Balaban J connectivity index is 4.38. The van der Waals surface area contributed by atoms with Crippen molar-refractivity contribution in [2.45, 2.75) is 37.3 Å². The highest BCUT2D eigenvalue weighted by atomic mass is 127. The van der Waals surface area contributed by atoms with Crippen molar-refractivity contribution >= 4 is 28.7 Å². The number of amides is 1. The summed E-state index contributed by atoms with van der Waals surface area (Å²) in [7, 11) is 1.74. The average molecular weight is 325 g/mol. The third-order valence-corrected chi connectivity index (χ3v) is 3.83. The van der Waals surface area contributed by atoms with E-state index in [0.29, 0.717) is 0 Å². The van der Waals surface area contributed by atoms with Gasteiger partial charge in [-0.1, -0.05) is 35.6 Å². The first-order valence-electron chi connectivity index (χ1n) is 4.91. The largest absolute Gasteiger partial charge is 0.444 e. The van der Waals surface area contributed by atoms with E-state index >= 15 is 0 Å². The monoisotopic (exact) mass is 325 g/mol. The van der Waals surface area contributed by atoms with Gasteiger partial charge in [0.15, 0.2) is 0 Å². The molecule has 88 valence electrons. The highest BCUT2D eigenvalue weighted by Crippen LogP contribution is 2.20. The Morgan fingerprint density at radius 3 is 2.33 bits per heavy atom. The van der Waals surface area contributed by atoms with Gasteiger partial charge in [0.2, 0.25) is 0 Å². The van der Waals surface area contributed by atoms with Crippen molar-refractivity contribution in [2.24, 2.45) is 5.92 Å². The van der Waals surface area contributed by atoms with E-state index in [1.54, 1.807) is 11.9 Å². The van der Waals surface area contributed by atoms with Gasteiger partial charge in [-0.25, -0.2) is 4.79 Å². The SMILES string of the molecule is C=C[C@H](C)C(I)N(C)C(=O)OC(C)(C)C. The molecule has 3 nitrogen and oxygen atoms in total. The van der Waals surface area contributed by atoms with Crippen molar-refractivity contribution in [1.29, 1.82) is 0 Å². The Labute approximate surface area is 106 Å². The molecule has 0 rings (SSSR count). The maximum absolute atomic E-state index is 11.7. The second-order valence-electron chi connectivity index (χ2n) is 4.56. The molecule has 0 spiro atoms. The van der Waals surface area contributed by atoms with E-state index in [-0.39, 0.29) is 16.1 Å². The number of ether oxygens (including phenoxy) is 1. The summed E-state index contributed by atoms with van der Waals surface area (Å²) < 4.78 is 5.33. The summed E-state index contributed by atoms with van der Waals surface area (Å²) >= 11 is 2.21. The first-order chi connectivity index (χ1) is 6.69. The number of rotatable bonds is 3. The van der Waals surface area contributed by atoms with Crippen LogP contribution in [-0.2, 0) is 4.74 Å². The molecular formula is C11H20INO2. The van der Waals surface area contributed by atoms with Crippen LogP contribution < -0.4 is 0 Å². The van der Waals surface area contributed by atoms with Crippen molar-refractivity contribution in [3.05, 3.63) is 12.7 Å². The maximum atomic E-state index is 11.7. The summed E-state index contributed by atoms with van der Waals surface area (Å²) in [6.07, 6.45) is 1.54. The highest BCUT2D eigenvalue weighted by molar-refractivity contribution is 14.1. The maximum Gasteiger partial charge on any atom is 0.410 e. The molecule has 1 amide bonds. The lowest BCUT2D eigenvalue weighted by Gasteiger charge is -2.29. The van der Waals surface area contributed by atoms with E-state index in [1.165, 1.54) is 0 Å². The molecule has 0 aromatic rings. The first-order valence-corrected chi connectivity index (χ1v) is 6.16. The predicted molar refractivity (Wildman–Crippen MR) is 71.2 cm³/mol. The fraction of sp³-hybridized carbons (Fsp3) is 0.727. The molecular weight excluding hydrogens is 305 g/mol. The third kappa shape index (κ3) is 5.39. The van der Waals surface area contributed by atoms with E-state index < -0.39 is 5.60 Å². The van der Waals surface area contributed by atoms with Crippen LogP contribution in [0.25, 0.3) is 0 Å². The summed E-state index contributed by atoms with van der Waals surface area (Å²) in [5.74, 6) is 0.239. The van der Waals surface area contributed by atoms with E-state index in [4.69, 9.17) is 4.74 Å². The van der Waals surface area contributed by atoms with Gasteiger partial charge in [0, 0.05) is 13.0 Å². The van der Waals surface area contributed by atoms with E-state index in [1.807, 2.05) is 33.8 Å². The molecule has 0 aromatic heterocycles. The molecule has 0 fully saturated rings. The van der Waals surface area contributed by atoms with E-state index in [9.17, 15) is 4.79 Å². The predicted octanol–water partition coefficient (Wildman–Crippen LogP) is 3.44. The zero-order valence-corrected chi connectivity index (χ0v) is 12.2. The molecule has 0 aliphatic rings. The zero-order chi connectivity index (χ0) is 12.2. The second-order valence-corrected chi connectivity index (χ2v) is 5.83. The van der Waals surface area contributed by atoms with Crippen LogP contribution in [0.1, 0.15) is 27.7 Å². The van der Waals surface area contributed by atoms with Gasteiger partial charge in [0.05, 0.1) is 4.05 Å². The van der Waals surface area contributed by atoms with Gasteiger partial charge in [0.25, 0.3) is 0 Å². The summed E-state index contributed by atoms with van der Waals surface area (Å²) in [5, 5.41) is 0. The Hall–Kier alpha value is -0.260. The van der Waals surface area contributed by atoms with Gasteiger partial charge < -0.3 is 4.74 Å². The van der Waals surface area contributed by atoms with E-state index in [0.717, 1.165) is 0 Å². The van der Waals surface area contributed by atoms with Crippen LogP contribution in [0.2, 0.25) is 0 Å². The van der Waals surface area contributed by atoms with Gasteiger partial charge in [-0.2, -0.15) is 0 Å². The van der Waals surface area contributed by atoms with Crippen LogP contribution in [0.3, 0.4) is 0 Å². The Morgan fingerprint density at radius 2 is 2.00 bits per heavy atom. The number of hydrogen-bond donors (Lipinski definition) is 0. The molecule has 15 heavy (non-hydrogen) atoms. The first kappa shape index (κ1) is 14.7. The van der Waals surface area contributed by atoms with Crippen LogP contribution in [0.15, 0.2) is 12.7 Å². The fourth-order valence-electron chi connectivity index (χ4n) is 0.900. The number of nitrogens with zero attached hydrogens (tertiary/aromatic N) is 1. The Bertz CT molecular complexity index is 235. The van der Waals surface area contributed by atoms with Crippen LogP contribution in [-0.4, -0.2) is 27.7 Å². The van der Waals surface area contributed by atoms with Crippen LogP contribution in [0.5, 0.6) is 0 Å². The average Bonchev–Trinajstić information content (AvgIpc) is 2.11. The summed E-state index contributed by atoms with van der Waals surface area (Å²) in [5.41, 5.74) is -0.445. The molecule has 0 radical (unpaired) electrons. The number of carbonyl (C=O) groups excluding carboxylic acids is 1. The van der Waals surface area contributed by atoms with Gasteiger partial charge in [0.1, 0.15) is 5.60 Å². The number of alkyl halides is 1. The van der Waals surface area contributed by atoms with Gasteiger partial charge >= 0.3 is 6.09 Å². The standard InChI is InChI=1S/C11H20INO2/c1-7-8(2)9(12)13(6)10(14)15-11(3,4)5/h7-9H,1H2,2-6H3/t8-,9?/m0/s1. The lowest BCUT2D eigenvalue weighted by molar-refractivity contribution is 0.0273. The third-order valence-electron chi connectivity index (χ3n) is 1.86. The molecule has 0 saturated heterocycles. The smallest absolute Gasteiger partial charge is 0.410 e. The van der Waals surface area contributed by atoms with Crippen molar-refractivity contribution in [1.82, 2.24) is 4.90 Å². The molecule has 0 saturated carbocycles. The second kappa shape index (κ2) is 5.72. The number of hydrogen-bond acceptors (Lipinski definition) is 2. The number of carbonyl (C=O) groups is 1. The lowest BCUT2D eigenvalue weighted by Crippen LogP contribution is -2.40. The quantitative estimate of drug-likeness (QED) is 0.344. The summed E-state index contributed by atoms with van der Waals surface area (Å²) in [4.78, 5) is 13.3. The molecule has 0 aliphatic heterocycles. The molecule has 2 atom stereocenters. The van der Waals surface area contributed by atoms with Crippen molar-refractivity contribution in [3.8, 4) is 0 Å². The van der Waals surface area contributed by atoms with Crippen molar-refractivity contribution < 1.29 is 9.53 Å². The summed E-state index contributed by atoms with van der Waals surface area (Å²) in [6.45, 7) is 11.3. The fourth-order valence-corrected chi connectivity index (χ4v) is 1.42. The van der Waals surface area contributed by atoms with Gasteiger partial charge in [-0.3, -0.25) is 4.90 Å². The molecule has 1 unspecified atom stereocenters. The summed E-state index contributed by atoms with van der Waals surface area (Å²) in [6, 6.07) is 0. The minimum Gasteiger partial charge on any atom is -0.444 e. The zero-order valence-electron chi connectivity index (χ0n) is 10.1. The molecule has 0 bridgehead atoms. The van der Waals surface area contributed by atoms with Gasteiger partial charge in [-0.05, 0) is 20.8 Å². The number of halogens is 1. The van der Waals surface area contributed by atoms with E-state index in [2.05, 4.69) is 29.2 Å². The van der Waals surface area contributed by atoms with Crippen LogP contribution in [0.4, 0.5) is 4.79 Å². The Morgan fingerprint density at radius 1 is 1.53 bits per heavy atom. The minimum absolute atomic E-state index is 0.0648. The molecule has 0 aromatic carbocycles. The highest BCUT2D eigenvalue weighted by Gasteiger charge is 2.25. The lowest BCUT2D eigenvalue weighted by atomic mass is 10.2. The molecule has 4 heteroatoms. The molecule has 0 aliphatic carbocycles.